The number of nitrogens with zero attached hydrogens (tertiary/aromatic N) is 2. The number of H-pyrrole nitrogens is 2. The third-order valence-electron chi connectivity index (χ3n) is 3.98. The number of piperidine rings is 1. The number of amides is 1. The molecule has 0 radical (unpaired) electrons. The van der Waals surface area contributed by atoms with Crippen molar-refractivity contribution in [3.63, 3.8) is 0 Å². The van der Waals surface area contributed by atoms with Crippen LogP contribution in [0, 0.1) is 6.92 Å². The van der Waals surface area contributed by atoms with Gasteiger partial charge in [-0.25, -0.2) is 0 Å². The molecule has 0 spiro atoms. The highest BCUT2D eigenvalue weighted by molar-refractivity contribution is 5.92. The summed E-state index contributed by atoms with van der Waals surface area (Å²) in [6, 6.07) is 4.66. The minimum atomic E-state index is -0.251. The molecule has 3 rings (SSSR count). The third-order valence-corrected chi connectivity index (χ3v) is 3.98. The fraction of sp³-hybridized carbons (Fsp3) is 0.400. The molecule has 0 aromatic carbocycles. The van der Waals surface area contributed by atoms with Gasteiger partial charge in [0.1, 0.15) is 5.69 Å². The number of likely N-dealkylation sites (tertiary alicyclic amines) is 1. The molecular formula is C15H18N4O2. The van der Waals surface area contributed by atoms with E-state index in [0.29, 0.717) is 12.2 Å². The Kier molecular flexibility index (Phi) is 3.60. The first-order chi connectivity index (χ1) is 10.1. The second-order valence-electron chi connectivity index (χ2n) is 5.49. The zero-order chi connectivity index (χ0) is 14.8. The Morgan fingerprint density at radius 2 is 2.29 bits per heavy atom. The van der Waals surface area contributed by atoms with Gasteiger partial charge in [0, 0.05) is 30.8 Å². The maximum Gasteiger partial charge on any atom is 0.270 e. The van der Waals surface area contributed by atoms with Crippen LogP contribution < -0.4 is 5.56 Å². The van der Waals surface area contributed by atoms with Crippen LogP contribution in [0.25, 0.3) is 0 Å². The topological polar surface area (TPSA) is 81.8 Å². The van der Waals surface area contributed by atoms with Gasteiger partial charge in [0.05, 0.1) is 6.20 Å². The Hall–Kier alpha value is -2.37. The molecule has 1 aliphatic rings. The lowest BCUT2D eigenvalue weighted by Crippen LogP contribution is -2.40. The van der Waals surface area contributed by atoms with Crippen molar-refractivity contribution in [1.82, 2.24) is 20.1 Å². The van der Waals surface area contributed by atoms with Gasteiger partial charge in [-0.2, -0.15) is 5.10 Å². The van der Waals surface area contributed by atoms with Crippen molar-refractivity contribution in [3.8, 4) is 0 Å². The van der Waals surface area contributed by atoms with Gasteiger partial charge in [-0.15, -0.1) is 0 Å². The predicted molar refractivity (Wildman–Crippen MR) is 78.3 cm³/mol. The summed E-state index contributed by atoms with van der Waals surface area (Å²) >= 11 is 0. The van der Waals surface area contributed by atoms with Crippen molar-refractivity contribution in [2.24, 2.45) is 0 Å². The van der Waals surface area contributed by atoms with Crippen LogP contribution in [0.5, 0.6) is 0 Å². The lowest BCUT2D eigenvalue weighted by Gasteiger charge is -2.32. The van der Waals surface area contributed by atoms with E-state index >= 15 is 0 Å². The fourth-order valence-electron chi connectivity index (χ4n) is 2.91. The summed E-state index contributed by atoms with van der Waals surface area (Å²) in [6.07, 6.45) is 3.80. The molecule has 1 aliphatic heterocycles. The van der Waals surface area contributed by atoms with Gasteiger partial charge < -0.3 is 9.88 Å². The number of hydrogen-bond acceptors (Lipinski definition) is 3. The molecule has 1 saturated heterocycles. The van der Waals surface area contributed by atoms with Crippen LogP contribution in [0.3, 0.4) is 0 Å². The SMILES string of the molecule is Cc1cn[nH]c1[C@@H]1CCCN(C(=O)c2cccc(=O)[nH]2)C1. The number of aryl methyl sites for hydroxylation is 1. The summed E-state index contributed by atoms with van der Waals surface area (Å²) in [5.74, 6) is 0.162. The van der Waals surface area contributed by atoms with Gasteiger partial charge in [-0.3, -0.25) is 14.7 Å². The van der Waals surface area contributed by atoms with E-state index < -0.39 is 0 Å². The van der Waals surface area contributed by atoms with Crippen molar-refractivity contribution >= 4 is 5.91 Å². The minimum Gasteiger partial charge on any atom is -0.337 e. The smallest absolute Gasteiger partial charge is 0.270 e. The van der Waals surface area contributed by atoms with E-state index in [4.69, 9.17) is 0 Å². The summed E-state index contributed by atoms with van der Waals surface area (Å²) in [4.78, 5) is 28.2. The fourth-order valence-corrected chi connectivity index (χ4v) is 2.91. The second-order valence-corrected chi connectivity index (χ2v) is 5.49. The van der Waals surface area contributed by atoms with Gasteiger partial charge in [0.25, 0.3) is 5.91 Å². The summed E-state index contributed by atoms with van der Waals surface area (Å²) < 4.78 is 0. The average molecular weight is 286 g/mol. The van der Waals surface area contributed by atoms with E-state index in [0.717, 1.165) is 30.6 Å². The summed E-state index contributed by atoms with van der Waals surface area (Å²) in [7, 11) is 0. The zero-order valence-corrected chi connectivity index (χ0v) is 11.9. The van der Waals surface area contributed by atoms with Gasteiger partial charge in [-0.1, -0.05) is 6.07 Å². The molecule has 1 atom stereocenters. The van der Waals surface area contributed by atoms with E-state index in [9.17, 15) is 9.59 Å². The summed E-state index contributed by atoms with van der Waals surface area (Å²) in [5.41, 5.74) is 2.33. The first kappa shape index (κ1) is 13.6. The summed E-state index contributed by atoms with van der Waals surface area (Å²) in [5, 5.41) is 7.10. The number of hydrogen-bond donors (Lipinski definition) is 2. The molecular weight excluding hydrogens is 268 g/mol. The third kappa shape index (κ3) is 2.74. The standard InChI is InChI=1S/C15H18N4O2/c1-10-8-16-18-14(10)11-4-3-7-19(9-11)15(21)12-5-2-6-13(20)17-12/h2,5-6,8,11H,3-4,7,9H2,1H3,(H,16,18)(H,17,20)/t11-/m1/s1. The van der Waals surface area contributed by atoms with Crippen molar-refractivity contribution in [2.75, 3.05) is 13.1 Å². The number of aromatic amines is 2. The highest BCUT2D eigenvalue weighted by Gasteiger charge is 2.27. The van der Waals surface area contributed by atoms with Crippen molar-refractivity contribution in [1.29, 1.82) is 0 Å². The highest BCUT2D eigenvalue weighted by Crippen LogP contribution is 2.27. The van der Waals surface area contributed by atoms with Gasteiger partial charge in [0.2, 0.25) is 5.56 Å². The minimum absolute atomic E-state index is 0.116. The average Bonchev–Trinajstić information content (AvgIpc) is 2.93. The van der Waals surface area contributed by atoms with Gasteiger partial charge in [0.15, 0.2) is 0 Å². The number of aromatic nitrogens is 3. The lowest BCUT2D eigenvalue weighted by molar-refractivity contribution is 0.0699. The molecule has 2 aromatic heterocycles. The Balaban J connectivity index is 1.78. The van der Waals surface area contributed by atoms with E-state index in [1.54, 1.807) is 17.0 Å². The predicted octanol–water partition coefficient (Wildman–Crippen LogP) is 1.43. The molecule has 0 bridgehead atoms. The molecule has 2 aromatic rings. The molecule has 0 aliphatic carbocycles. The van der Waals surface area contributed by atoms with Crippen molar-refractivity contribution in [2.45, 2.75) is 25.7 Å². The second kappa shape index (κ2) is 5.55. The number of nitrogens with one attached hydrogen (secondary N) is 2. The van der Waals surface area contributed by atoms with E-state index in [1.807, 2.05) is 13.1 Å². The number of pyridine rings is 1. The lowest BCUT2D eigenvalue weighted by atomic mass is 9.93. The zero-order valence-electron chi connectivity index (χ0n) is 11.9. The van der Waals surface area contributed by atoms with Crippen molar-refractivity contribution < 1.29 is 4.79 Å². The molecule has 0 unspecified atom stereocenters. The van der Waals surface area contributed by atoms with Crippen LogP contribution in [-0.2, 0) is 0 Å². The molecule has 1 fully saturated rings. The van der Waals surface area contributed by atoms with Crippen LogP contribution in [0.1, 0.15) is 40.5 Å². The van der Waals surface area contributed by atoms with Crippen LogP contribution in [0.15, 0.2) is 29.2 Å². The van der Waals surface area contributed by atoms with E-state index in [2.05, 4.69) is 15.2 Å². The van der Waals surface area contributed by atoms with Crippen LogP contribution >= 0.6 is 0 Å². The van der Waals surface area contributed by atoms with Gasteiger partial charge >= 0.3 is 0 Å². The van der Waals surface area contributed by atoms with Crippen molar-refractivity contribution in [3.05, 3.63) is 51.7 Å². The van der Waals surface area contributed by atoms with E-state index in [1.165, 1.54) is 6.07 Å². The largest absolute Gasteiger partial charge is 0.337 e. The Morgan fingerprint density at radius 1 is 1.43 bits per heavy atom. The molecule has 3 heterocycles. The first-order valence-corrected chi connectivity index (χ1v) is 7.13. The maximum absolute atomic E-state index is 12.5. The molecule has 6 nitrogen and oxygen atoms in total. The highest BCUT2D eigenvalue weighted by atomic mass is 16.2. The van der Waals surface area contributed by atoms with Crippen LogP contribution in [0.2, 0.25) is 0 Å². The van der Waals surface area contributed by atoms with Gasteiger partial charge in [-0.05, 0) is 31.4 Å². The first-order valence-electron chi connectivity index (χ1n) is 7.13. The Morgan fingerprint density at radius 3 is 3.00 bits per heavy atom. The monoisotopic (exact) mass is 286 g/mol. The Bertz CT molecular complexity index is 703. The molecule has 6 heteroatoms. The normalized spacial score (nSPS) is 18.7. The summed E-state index contributed by atoms with van der Waals surface area (Å²) in [6.45, 7) is 3.40. The van der Waals surface area contributed by atoms with Crippen LogP contribution in [-0.4, -0.2) is 39.1 Å². The Labute approximate surface area is 122 Å². The number of rotatable bonds is 2. The quantitative estimate of drug-likeness (QED) is 0.876. The maximum atomic E-state index is 12.5. The molecule has 2 N–H and O–H groups in total. The molecule has 110 valence electrons. The molecule has 1 amide bonds. The molecule has 0 saturated carbocycles. The van der Waals surface area contributed by atoms with E-state index in [-0.39, 0.29) is 17.4 Å². The number of carbonyl (C=O) groups is 1. The number of carbonyl (C=O) groups excluding carboxylic acids is 1. The van der Waals surface area contributed by atoms with Crippen LogP contribution in [0.4, 0.5) is 0 Å². The molecule has 21 heavy (non-hydrogen) atoms.